The van der Waals surface area contributed by atoms with Crippen LogP contribution >= 0.6 is 11.3 Å². The average Bonchev–Trinajstić information content (AvgIpc) is 3.39. The SMILES string of the molecule is CCNC(=O)Nc1sc2ccccc2c1C(=O)N1CCC2(CC1)N=C(COC(C)C)NC2=O.O=C(O)C(F)(F)F. The van der Waals surface area contributed by atoms with Crippen molar-refractivity contribution in [2.45, 2.75) is 51.4 Å². The predicted octanol–water partition coefficient (Wildman–Crippen LogP) is 3.60. The molecule has 1 saturated heterocycles. The van der Waals surface area contributed by atoms with Crippen molar-refractivity contribution in [2.75, 3.05) is 31.6 Å². The maximum Gasteiger partial charge on any atom is 0.490 e. The Balaban J connectivity index is 0.000000559. The number of urea groups is 1. The summed E-state index contributed by atoms with van der Waals surface area (Å²) in [6.07, 6.45) is -4.16. The number of aliphatic carboxylic acids is 1. The van der Waals surface area contributed by atoms with Gasteiger partial charge in [0.15, 0.2) is 0 Å². The van der Waals surface area contributed by atoms with E-state index in [-0.39, 0.29) is 30.6 Å². The predicted molar refractivity (Wildman–Crippen MR) is 143 cm³/mol. The summed E-state index contributed by atoms with van der Waals surface area (Å²) < 4.78 is 38.2. The molecule has 4 N–H and O–H groups in total. The van der Waals surface area contributed by atoms with Gasteiger partial charge in [0.2, 0.25) is 0 Å². The number of rotatable bonds is 6. The molecule has 3 heterocycles. The van der Waals surface area contributed by atoms with E-state index in [0.717, 1.165) is 10.1 Å². The lowest BCUT2D eigenvalue weighted by Gasteiger charge is -2.35. The first-order valence-electron chi connectivity index (χ1n) is 12.4. The van der Waals surface area contributed by atoms with Crippen LogP contribution in [-0.2, 0) is 14.3 Å². The first-order valence-corrected chi connectivity index (χ1v) is 13.3. The number of ether oxygens (including phenoxy) is 1. The summed E-state index contributed by atoms with van der Waals surface area (Å²) in [5, 5.41) is 16.8. The van der Waals surface area contributed by atoms with Crippen molar-refractivity contribution in [3.05, 3.63) is 29.8 Å². The molecule has 1 aromatic heterocycles. The highest BCUT2D eigenvalue weighted by Crippen LogP contribution is 2.38. The smallest absolute Gasteiger partial charge is 0.475 e. The Kier molecular flexibility index (Phi) is 9.73. The highest BCUT2D eigenvalue weighted by Gasteiger charge is 2.46. The molecule has 11 nitrogen and oxygen atoms in total. The van der Waals surface area contributed by atoms with Gasteiger partial charge in [-0.05, 0) is 39.7 Å². The van der Waals surface area contributed by atoms with E-state index < -0.39 is 17.7 Å². The zero-order valence-corrected chi connectivity index (χ0v) is 22.9. The molecular weight excluding hydrogens is 555 g/mol. The van der Waals surface area contributed by atoms with Gasteiger partial charge >= 0.3 is 18.2 Å². The molecule has 1 fully saturated rings. The summed E-state index contributed by atoms with van der Waals surface area (Å²) in [5.74, 6) is -2.49. The second-order valence-corrected chi connectivity index (χ2v) is 10.3. The number of amides is 4. The lowest BCUT2D eigenvalue weighted by molar-refractivity contribution is -0.192. The van der Waals surface area contributed by atoms with Crippen LogP contribution in [0.3, 0.4) is 0 Å². The number of carboxylic acid groups (broad SMARTS) is 1. The Morgan fingerprint density at radius 3 is 2.42 bits per heavy atom. The summed E-state index contributed by atoms with van der Waals surface area (Å²) >= 11 is 1.38. The number of nitrogens with zero attached hydrogens (tertiary/aromatic N) is 2. The third-order valence-corrected chi connectivity index (χ3v) is 7.16. The number of hydrogen-bond acceptors (Lipinski definition) is 7. The van der Waals surface area contributed by atoms with Crippen LogP contribution in [0.15, 0.2) is 29.3 Å². The molecule has 15 heteroatoms. The Morgan fingerprint density at radius 2 is 1.85 bits per heavy atom. The minimum absolute atomic E-state index is 0.0447. The number of nitrogens with one attached hydrogen (secondary N) is 3. The molecule has 0 radical (unpaired) electrons. The number of carboxylic acids is 1. The molecule has 0 atom stereocenters. The standard InChI is InChI=1S/C23H29N5O4S.C2HF3O2/c1-4-24-22(31)26-19-18(15-7-5-6-8-16(15)33-19)20(29)28-11-9-23(10-12-28)21(30)25-17(27-23)13-32-14(2)3;3-2(4,5)1(6)7/h5-8,14H,4,9-13H2,1-3H3,(H2,24,26,31)(H,25,27,30);(H,6,7). The molecule has 0 bridgehead atoms. The van der Waals surface area contributed by atoms with Crippen molar-refractivity contribution in [2.24, 2.45) is 4.99 Å². The monoisotopic (exact) mass is 585 g/mol. The van der Waals surface area contributed by atoms with E-state index in [1.807, 2.05) is 45.0 Å². The number of fused-ring (bicyclic) bond motifs is 1. The summed E-state index contributed by atoms with van der Waals surface area (Å²) in [7, 11) is 0. The van der Waals surface area contributed by atoms with Crippen LogP contribution in [-0.4, -0.2) is 83.7 Å². The molecule has 1 aromatic carbocycles. The van der Waals surface area contributed by atoms with E-state index in [4.69, 9.17) is 14.6 Å². The van der Waals surface area contributed by atoms with Crippen molar-refractivity contribution in [3.63, 3.8) is 0 Å². The Morgan fingerprint density at radius 1 is 1.23 bits per heavy atom. The summed E-state index contributed by atoms with van der Waals surface area (Å²) in [5.41, 5.74) is -0.353. The summed E-state index contributed by atoms with van der Waals surface area (Å²) in [6.45, 7) is 7.26. The number of piperidine rings is 1. The number of amidine groups is 1. The number of anilines is 1. The Hall–Kier alpha value is -3.72. The normalized spacial score (nSPS) is 16.3. The van der Waals surface area contributed by atoms with Crippen molar-refractivity contribution in [1.29, 1.82) is 0 Å². The minimum Gasteiger partial charge on any atom is -0.475 e. The van der Waals surface area contributed by atoms with Gasteiger partial charge in [0.05, 0.1) is 11.7 Å². The number of thiophene rings is 1. The quantitative estimate of drug-likeness (QED) is 0.407. The number of carbonyl (C=O) groups excluding carboxylic acids is 3. The summed E-state index contributed by atoms with van der Waals surface area (Å²) in [6, 6.07) is 7.27. The van der Waals surface area contributed by atoms with Gasteiger partial charge in [-0.15, -0.1) is 11.3 Å². The molecule has 4 amide bonds. The molecule has 0 aliphatic carbocycles. The van der Waals surface area contributed by atoms with Crippen LogP contribution in [0.1, 0.15) is 44.0 Å². The van der Waals surface area contributed by atoms with E-state index >= 15 is 0 Å². The number of alkyl halides is 3. The Labute approximate surface area is 231 Å². The first-order chi connectivity index (χ1) is 18.8. The number of hydrogen-bond donors (Lipinski definition) is 4. The van der Waals surface area contributed by atoms with E-state index in [9.17, 15) is 27.6 Å². The lowest BCUT2D eigenvalue weighted by Crippen LogP contribution is -2.50. The number of halogens is 3. The second-order valence-electron chi connectivity index (χ2n) is 9.29. The van der Waals surface area contributed by atoms with Crippen LogP contribution in [0.2, 0.25) is 0 Å². The largest absolute Gasteiger partial charge is 0.490 e. The zero-order valence-electron chi connectivity index (χ0n) is 22.1. The van der Waals surface area contributed by atoms with Crippen LogP contribution < -0.4 is 16.0 Å². The van der Waals surface area contributed by atoms with Gasteiger partial charge < -0.3 is 25.4 Å². The average molecular weight is 586 g/mol. The lowest BCUT2D eigenvalue weighted by atomic mass is 9.87. The van der Waals surface area contributed by atoms with E-state index in [2.05, 4.69) is 20.9 Å². The van der Waals surface area contributed by atoms with E-state index in [1.165, 1.54) is 11.3 Å². The van der Waals surface area contributed by atoms with Gasteiger partial charge in [-0.2, -0.15) is 13.2 Å². The topological polar surface area (TPSA) is 149 Å². The number of benzene rings is 1. The molecule has 0 saturated carbocycles. The number of likely N-dealkylation sites (tertiary alicyclic amines) is 1. The molecule has 2 aliphatic rings. The van der Waals surface area contributed by atoms with Crippen molar-refractivity contribution in [1.82, 2.24) is 15.5 Å². The molecule has 40 heavy (non-hydrogen) atoms. The van der Waals surface area contributed by atoms with Crippen LogP contribution in [0.5, 0.6) is 0 Å². The highest BCUT2D eigenvalue weighted by atomic mass is 32.1. The van der Waals surface area contributed by atoms with Gasteiger partial charge in [0, 0.05) is 29.7 Å². The van der Waals surface area contributed by atoms with E-state index in [1.54, 1.807) is 4.90 Å². The fraction of sp³-hybridized carbons (Fsp3) is 0.480. The third kappa shape index (κ3) is 7.27. The van der Waals surface area contributed by atoms with Crippen molar-refractivity contribution >= 4 is 56.1 Å². The highest BCUT2D eigenvalue weighted by molar-refractivity contribution is 7.23. The summed E-state index contributed by atoms with van der Waals surface area (Å²) in [4.78, 5) is 53.7. The molecule has 218 valence electrons. The Bertz CT molecular complexity index is 1300. The van der Waals surface area contributed by atoms with Crippen LogP contribution in [0.4, 0.5) is 23.0 Å². The van der Waals surface area contributed by atoms with Crippen LogP contribution in [0, 0.1) is 0 Å². The van der Waals surface area contributed by atoms with Crippen LogP contribution in [0.25, 0.3) is 10.1 Å². The molecule has 2 aliphatic heterocycles. The second kappa shape index (κ2) is 12.6. The number of aliphatic imine (C=N–C) groups is 1. The third-order valence-electron chi connectivity index (χ3n) is 6.08. The molecular formula is C25H30F3N5O6S. The van der Waals surface area contributed by atoms with Crippen molar-refractivity contribution < 1.29 is 42.2 Å². The zero-order chi connectivity index (χ0) is 29.7. The van der Waals surface area contributed by atoms with Gasteiger partial charge in [-0.25, -0.2) is 9.59 Å². The number of carbonyl (C=O) groups is 4. The fourth-order valence-electron chi connectivity index (χ4n) is 4.13. The molecule has 1 spiro atoms. The molecule has 2 aromatic rings. The maximum atomic E-state index is 13.6. The first kappa shape index (κ1) is 30.8. The fourth-order valence-corrected chi connectivity index (χ4v) is 5.22. The van der Waals surface area contributed by atoms with Gasteiger partial charge in [0.1, 0.15) is 23.0 Å². The van der Waals surface area contributed by atoms with Gasteiger partial charge in [-0.3, -0.25) is 19.9 Å². The maximum absolute atomic E-state index is 13.6. The van der Waals surface area contributed by atoms with Gasteiger partial charge in [-0.1, -0.05) is 18.2 Å². The van der Waals surface area contributed by atoms with Gasteiger partial charge in [0.25, 0.3) is 11.8 Å². The molecule has 4 rings (SSSR count). The minimum atomic E-state index is -5.08. The molecule has 0 unspecified atom stereocenters. The van der Waals surface area contributed by atoms with E-state index in [0.29, 0.717) is 48.9 Å². The van der Waals surface area contributed by atoms with Crippen molar-refractivity contribution in [3.8, 4) is 0 Å².